The van der Waals surface area contributed by atoms with E-state index in [9.17, 15) is 0 Å². The van der Waals surface area contributed by atoms with Crippen molar-refractivity contribution in [3.8, 4) is 6.07 Å². The first-order valence-electron chi connectivity index (χ1n) is 3.53. The highest BCUT2D eigenvalue weighted by molar-refractivity contribution is 14.1. The predicted octanol–water partition coefficient (Wildman–Crippen LogP) is 3.67. The number of hydrogen-bond donors (Lipinski definition) is 1. The number of rotatable bonds is 0. The third kappa shape index (κ3) is 1.45. The quantitative estimate of drug-likeness (QED) is 0.582. The minimum atomic E-state index is 0.647. The summed E-state index contributed by atoms with van der Waals surface area (Å²) < 4.78 is 2.32. The highest BCUT2D eigenvalue weighted by Crippen LogP contribution is 2.33. The molecule has 0 saturated heterocycles. The van der Waals surface area contributed by atoms with Crippen LogP contribution in [0.2, 0.25) is 0 Å². The molecule has 0 fully saturated rings. The number of thiophene rings is 1. The van der Waals surface area contributed by atoms with E-state index in [-0.39, 0.29) is 0 Å². The van der Waals surface area contributed by atoms with Gasteiger partial charge in [0.05, 0.1) is 5.56 Å². The van der Waals surface area contributed by atoms with E-state index in [0.717, 1.165) is 9.60 Å². The van der Waals surface area contributed by atoms with Gasteiger partial charge >= 0.3 is 0 Å². The van der Waals surface area contributed by atoms with Gasteiger partial charge in [0.2, 0.25) is 0 Å². The molecule has 2 rings (SSSR count). The van der Waals surface area contributed by atoms with Crippen LogP contribution >= 0.6 is 46.6 Å². The fourth-order valence-corrected chi connectivity index (χ4v) is 3.43. The molecule has 1 aromatic carbocycles. The Hall–Kier alpha value is -0.250. The maximum atomic E-state index is 8.79. The van der Waals surface area contributed by atoms with Crippen molar-refractivity contribution < 1.29 is 0 Å². The van der Waals surface area contributed by atoms with E-state index >= 15 is 0 Å². The number of thiol groups is 1. The molecule has 4 heteroatoms. The fourth-order valence-electron chi connectivity index (χ4n) is 1.14. The monoisotopic (exact) mass is 317 g/mol. The normalized spacial score (nSPS) is 10.2. The van der Waals surface area contributed by atoms with Crippen molar-refractivity contribution in [1.82, 2.24) is 0 Å². The van der Waals surface area contributed by atoms with Gasteiger partial charge in [-0.2, -0.15) is 5.26 Å². The molecule has 0 N–H and O–H groups in total. The molecule has 0 aliphatic heterocycles. The summed E-state index contributed by atoms with van der Waals surface area (Å²) in [5.41, 5.74) is 0.647. The minimum Gasteiger partial charge on any atom is -0.192 e. The molecule has 1 heterocycles. The van der Waals surface area contributed by atoms with E-state index in [4.69, 9.17) is 5.26 Å². The first-order chi connectivity index (χ1) is 6.24. The molecule has 64 valence electrons. The van der Waals surface area contributed by atoms with Crippen LogP contribution in [0.4, 0.5) is 0 Å². The molecule has 0 unspecified atom stereocenters. The van der Waals surface area contributed by atoms with Crippen LogP contribution in [0.25, 0.3) is 10.1 Å². The van der Waals surface area contributed by atoms with Gasteiger partial charge in [-0.15, -0.1) is 24.0 Å². The van der Waals surface area contributed by atoms with Crippen molar-refractivity contribution in [3.63, 3.8) is 0 Å². The Bertz CT molecular complexity index is 510. The van der Waals surface area contributed by atoms with E-state index in [1.54, 1.807) is 11.3 Å². The van der Waals surface area contributed by atoms with E-state index in [2.05, 4.69) is 46.7 Å². The summed E-state index contributed by atoms with van der Waals surface area (Å²) in [6.45, 7) is 0. The van der Waals surface area contributed by atoms with Gasteiger partial charge in [0, 0.05) is 23.9 Å². The lowest BCUT2D eigenvalue weighted by Gasteiger charge is -1.97. The molecule has 1 aromatic heterocycles. The van der Waals surface area contributed by atoms with Crippen molar-refractivity contribution in [3.05, 3.63) is 26.6 Å². The number of nitriles is 1. The SMILES string of the molecule is N#Cc1ccc2c(I)csc2c1S. The van der Waals surface area contributed by atoms with Gasteiger partial charge in [-0.05, 0) is 28.7 Å². The van der Waals surface area contributed by atoms with Gasteiger partial charge in [-0.1, -0.05) is 6.07 Å². The summed E-state index contributed by atoms with van der Waals surface area (Å²) in [6.07, 6.45) is 0. The lowest BCUT2D eigenvalue weighted by molar-refractivity contribution is 1.43. The van der Waals surface area contributed by atoms with E-state index in [0.29, 0.717) is 5.56 Å². The molecular weight excluding hydrogens is 313 g/mol. The van der Waals surface area contributed by atoms with E-state index in [1.807, 2.05) is 12.1 Å². The molecule has 0 spiro atoms. The Labute approximate surface area is 98.9 Å². The zero-order valence-corrected chi connectivity index (χ0v) is 10.3. The molecule has 2 aromatic rings. The maximum Gasteiger partial charge on any atom is 0.100 e. The predicted molar refractivity (Wildman–Crippen MR) is 66.5 cm³/mol. The lowest BCUT2D eigenvalue weighted by atomic mass is 10.2. The van der Waals surface area contributed by atoms with Crippen LogP contribution in [-0.4, -0.2) is 0 Å². The minimum absolute atomic E-state index is 0.647. The zero-order valence-electron chi connectivity index (χ0n) is 6.41. The van der Waals surface area contributed by atoms with Crippen LogP contribution in [0.15, 0.2) is 22.4 Å². The number of fused-ring (bicyclic) bond motifs is 1. The second-order valence-electron chi connectivity index (χ2n) is 2.53. The Kier molecular flexibility index (Phi) is 2.49. The highest BCUT2D eigenvalue weighted by Gasteiger charge is 2.07. The molecule has 0 radical (unpaired) electrons. The third-order valence-electron chi connectivity index (χ3n) is 1.79. The average molecular weight is 317 g/mol. The Balaban J connectivity index is 2.90. The Morgan fingerprint density at radius 3 is 2.92 bits per heavy atom. The molecule has 0 saturated carbocycles. The first-order valence-corrected chi connectivity index (χ1v) is 5.93. The molecule has 1 nitrogen and oxygen atoms in total. The number of benzene rings is 1. The summed E-state index contributed by atoms with van der Waals surface area (Å²) in [4.78, 5) is 0.799. The van der Waals surface area contributed by atoms with Gasteiger partial charge in [-0.25, -0.2) is 0 Å². The summed E-state index contributed by atoms with van der Waals surface area (Å²) in [5.74, 6) is 0. The van der Waals surface area contributed by atoms with Crippen LogP contribution in [0, 0.1) is 14.9 Å². The zero-order chi connectivity index (χ0) is 9.42. The molecular formula is C9H4INS2. The van der Waals surface area contributed by atoms with Gasteiger partial charge in [0.25, 0.3) is 0 Å². The summed E-state index contributed by atoms with van der Waals surface area (Å²) in [6, 6.07) is 5.92. The van der Waals surface area contributed by atoms with Gasteiger partial charge in [0.15, 0.2) is 0 Å². The van der Waals surface area contributed by atoms with Gasteiger partial charge < -0.3 is 0 Å². The lowest BCUT2D eigenvalue weighted by Crippen LogP contribution is -1.77. The van der Waals surface area contributed by atoms with Crippen LogP contribution in [0.5, 0.6) is 0 Å². The van der Waals surface area contributed by atoms with Crippen LogP contribution in [0.1, 0.15) is 5.56 Å². The van der Waals surface area contributed by atoms with Crippen molar-refractivity contribution >= 4 is 56.6 Å². The average Bonchev–Trinajstić information content (AvgIpc) is 2.50. The fraction of sp³-hybridized carbons (Fsp3) is 0. The standard InChI is InChI=1S/C9H4INS2/c10-7-4-13-9-6(7)2-1-5(3-11)8(9)12/h1-2,4,12H. The molecule has 0 aliphatic rings. The number of halogens is 1. The van der Waals surface area contributed by atoms with Crippen LogP contribution in [0.3, 0.4) is 0 Å². The highest BCUT2D eigenvalue weighted by atomic mass is 127. The van der Waals surface area contributed by atoms with Gasteiger partial charge in [-0.3, -0.25) is 0 Å². The molecule has 0 bridgehead atoms. The van der Waals surface area contributed by atoms with Crippen molar-refractivity contribution in [2.75, 3.05) is 0 Å². The molecule has 0 amide bonds. The summed E-state index contributed by atoms with van der Waals surface area (Å²) in [7, 11) is 0. The second kappa shape index (κ2) is 3.48. The number of hydrogen-bond acceptors (Lipinski definition) is 3. The topological polar surface area (TPSA) is 23.8 Å². The molecule has 13 heavy (non-hydrogen) atoms. The van der Waals surface area contributed by atoms with Crippen LogP contribution < -0.4 is 0 Å². The Morgan fingerprint density at radius 2 is 2.23 bits per heavy atom. The van der Waals surface area contributed by atoms with Crippen molar-refractivity contribution in [2.45, 2.75) is 4.90 Å². The molecule has 0 aliphatic carbocycles. The summed E-state index contributed by atoms with van der Waals surface area (Å²) >= 11 is 8.26. The van der Waals surface area contributed by atoms with Gasteiger partial charge in [0.1, 0.15) is 6.07 Å². The first kappa shape index (κ1) is 9.31. The van der Waals surface area contributed by atoms with Crippen molar-refractivity contribution in [1.29, 1.82) is 5.26 Å². The number of nitrogens with zero attached hydrogens (tertiary/aromatic N) is 1. The second-order valence-corrected chi connectivity index (χ2v) is 5.02. The van der Waals surface area contributed by atoms with Crippen molar-refractivity contribution in [2.24, 2.45) is 0 Å². The van der Waals surface area contributed by atoms with E-state index < -0.39 is 0 Å². The third-order valence-corrected chi connectivity index (χ3v) is 4.73. The Morgan fingerprint density at radius 1 is 1.46 bits per heavy atom. The summed E-state index contributed by atoms with van der Waals surface area (Å²) in [5, 5.41) is 12.1. The van der Waals surface area contributed by atoms with E-state index in [1.165, 1.54) is 8.96 Å². The maximum absolute atomic E-state index is 8.79. The molecule has 0 atom stereocenters. The smallest absolute Gasteiger partial charge is 0.100 e. The largest absolute Gasteiger partial charge is 0.192 e. The van der Waals surface area contributed by atoms with Crippen LogP contribution in [-0.2, 0) is 0 Å².